The Morgan fingerprint density at radius 2 is 2.06 bits per heavy atom. The molecule has 18 heavy (non-hydrogen) atoms. The first-order valence-corrected chi connectivity index (χ1v) is 6.16. The van der Waals surface area contributed by atoms with E-state index in [2.05, 4.69) is 0 Å². The molecule has 0 N–H and O–H groups in total. The Morgan fingerprint density at radius 1 is 1.33 bits per heavy atom. The lowest BCUT2D eigenvalue weighted by Crippen LogP contribution is -2.31. The third-order valence-electron chi connectivity index (χ3n) is 2.52. The van der Waals surface area contributed by atoms with Gasteiger partial charge in [0.05, 0.1) is 13.2 Å². The highest BCUT2D eigenvalue weighted by atomic mass is 16.5. The zero-order valence-corrected chi connectivity index (χ0v) is 11.0. The summed E-state index contributed by atoms with van der Waals surface area (Å²) in [6, 6.07) is 2.69. The van der Waals surface area contributed by atoms with Crippen LogP contribution in [0.4, 0.5) is 0 Å². The minimum atomic E-state index is -0.599. The van der Waals surface area contributed by atoms with Crippen molar-refractivity contribution in [2.24, 2.45) is 0 Å². The normalized spacial score (nSPS) is 11.9. The van der Waals surface area contributed by atoms with Gasteiger partial charge in [0.15, 0.2) is 5.75 Å². The molecule has 1 aromatic rings. The zero-order valence-electron chi connectivity index (χ0n) is 11.0. The number of carbonyl (C=O) groups is 1. The van der Waals surface area contributed by atoms with E-state index < -0.39 is 12.0 Å². The van der Waals surface area contributed by atoms with E-state index in [0.717, 1.165) is 0 Å². The summed E-state index contributed by atoms with van der Waals surface area (Å²) in [6.07, 6.45) is 2.07. The van der Waals surface area contributed by atoms with E-state index in [1.165, 1.54) is 4.57 Å². The van der Waals surface area contributed by atoms with Crippen LogP contribution in [-0.4, -0.2) is 23.8 Å². The molecule has 0 radical (unpaired) electrons. The third-order valence-corrected chi connectivity index (χ3v) is 2.52. The van der Waals surface area contributed by atoms with Gasteiger partial charge >= 0.3 is 5.97 Å². The number of ether oxygens (including phenoxy) is 2. The molecular formula is C13H19NO4. The fourth-order valence-electron chi connectivity index (χ4n) is 1.72. The maximum Gasteiger partial charge on any atom is 0.329 e. The summed E-state index contributed by atoms with van der Waals surface area (Å²) in [5.41, 5.74) is -0.306. The Kier molecular flexibility index (Phi) is 5.42. The molecule has 0 spiro atoms. The predicted octanol–water partition coefficient (Wildman–Crippen LogP) is 1.76. The van der Waals surface area contributed by atoms with Gasteiger partial charge in [0.2, 0.25) is 0 Å². The molecule has 5 heteroatoms. The number of carbonyl (C=O) groups excluding carboxylic acids is 1. The Morgan fingerprint density at radius 3 is 2.61 bits per heavy atom. The van der Waals surface area contributed by atoms with Gasteiger partial charge in [0.25, 0.3) is 5.56 Å². The van der Waals surface area contributed by atoms with Crippen LogP contribution < -0.4 is 10.3 Å². The second-order valence-electron chi connectivity index (χ2n) is 3.69. The fraction of sp³-hybridized carbons (Fsp3) is 0.538. The molecule has 0 aromatic carbocycles. The van der Waals surface area contributed by atoms with Crippen LogP contribution in [0, 0.1) is 0 Å². The molecule has 0 saturated heterocycles. The maximum atomic E-state index is 12.1. The summed E-state index contributed by atoms with van der Waals surface area (Å²) in [5, 5.41) is 0. The summed E-state index contributed by atoms with van der Waals surface area (Å²) in [4.78, 5) is 23.9. The van der Waals surface area contributed by atoms with Gasteiger partial charge in [-0.05, 0) is 32.4 Å². The summed E-state index contributed by atoms with van der Waals surface area (Å²) in [6.45, 7) is 6.09. The van der Waals surface area contributed by atoms with Gasteiger partial charge in [-0.15, -0.1) is 0 Å². The Hall–Kier alpha value is -1.78. The van der Waals surface area contributed by atoms with E-state index >= 15 is 0 Å². The van der Waals surface area contributed by atoms with E-state index in [4.69, 9.17) is 9.47 Å². The van der Waals surface area contributed by atoms with Gasteiger partial charge in [-0.2, -0.15) is 0 Å². The highest BCUT2D eigenvalue weighted by Crippen LogP contribution is 2.13. The highest BCUT2D eigenvalue weighted by molar-refractivity contribution is 5.74. The summed E-state index contributed by atoms with van der Waals surface area (Å²) in [7, 11) is 0. The Labute approximate surface area is 106 Å². The van der Waals surface area contributed by atoms with Gasteiger partial charge in [-0.25, -0.2) is 4.79 Å². The van der Waals surface area contributed by atoms with Gasteiger partial charge in [-0.1, -0.05) is 6.92 Å². The number of nitrogens with zero attached hydrogens (tertiary/aromatic N) is 1. The molecule has 1 unspecified atom stereocenters. The number of aromatic nitrogens is 1. The number of pyridine rings is 1. The third kappa shape index (κ3) is 3.12. The number of esters is 1. The standard InChI is InChI=1S/C13H19NO4/c1-4-10(13(16)18-6-3)14-9-7-8-11(12(14)15)17-5-2/h7-10H,4-6H2,1-3H3. The number of hydrogen-bond donors (Lipinski definition) is 0. The molecule has 0 amide bonds. The monoisotopic (exact) mass is 253 g/mol. The van der Waals surface area contributed by atoms with E-state index in [1.807, 2.05) is 6.92 Å². The van der Waals surface area contributed by atoms with Crippen molar-refractivity contribution in [3.05, 3.63) is 28.7 Å². The van der Waals surface area contributed by atoms with Gasteiger partial charge in [-0.3, -0.25) is 9.36 Å². The quantitative estimate of drug-likeness (QED) is 0.725. The van der Waals surface area contributed by atoms with E-state index in [9.17, 15) is 9.59 Å². The Bertz CT molecular complexity index is 453. The molecule has 0 fully saturated rings. The van der Waals surface area contributed by atoms with Crippen LogP contribution >= 0.6 is 0 Å². The molecule has 1 atom stereocenters. The van der Waals surface area contributed by atoms with Crippen LogP contribution in [0.25, 0.3) is 0 Å². The van der Waals surface area contributed by atoms with Crippen LogP contribution in [0.5, 0.6) is 5.75 Å². The smallest absolute Gasteiger partial charge is 0.329 e. The molecule has 1 aromatic heterocycles. The lowest BCUT2D eigenvalue weighted by atomic mass is 10.2. The second kappa shape index (κ2) is 6.83. The van der Waals surface area contributed by atoms with Crippen LogP contribution in [-0.2, 0) is 9.53 Å². The number of rotatable bonds is 6. The summed E-state index contributed by atoms with van der Waals surface area (Å²) in [5.74, 6) is -0.140. The molecular weight excluding hydrogens is 234 g/mol. The molecule has 5 nitrogen and oxygen atoms in total. The van der Waals surface area contributed by atoms with Gasteiger partial charge in [0.1, 0.15) is 6.04 Å². The zero-order chi connectivity index (χ0) is 13.5. The van der Waals surface area contributed by atoms with Crippen molar-refractivity contribution in [2.45, 2.75) is 33.2 Å². The SMILES string of the molecule is CCOC(=O)C(CC)n1cccc(OCC)c1=O. The molecule has 0 aliphatic rings. The average molecular weight is 253 g/mol. The first-order chi connectivity index (χ1) is 8.65. The maximum absolute atomic E-state index is 12.1. The van der Waals surface area contributed by atoms with Crippen molar-refractivity contribution < 1.29 is 14.3 Å². The first-order valence-electron chi connectivity index (χ1n) is 6.16. The van der Waals surface area contributed by atoms with Crippen LogP contribution in [0.2, 0.25) is 0 Å². The molecule has 1 rings (SSSR count). The summed E-state index contributed by atoms with van der Waals surface area (Å²) < 4.78 is 11.6. The van der Waals surface area contributed by atoms with Crippen LogP contribution in [0.1, 0.15) is 33.2 Å². The average Bonchev–Trinajstić information content (AvgIpc) is 2.35. The largest absolute Gasteiger partial charge is 0.488 e. The lowest BCUT2D eigenvalue weighted by molar-refractivity contribution is -0.147. The lowest BCUT2D eigenvalue weighted by Gasteiger charge is -2.17. The van der Waals surface area contributed by atoms with Crippen LogP contribution in [0.3, 0.4) is 0 Å². The van der Waals surface area contributed by atoms with Crippen molar-refractivity contribution in [1.29, 1.82) is 0 Å². The molecule has 0 aliphatic heterocycles. The first kappa shape index (κ1) is 14.3. The van der Waals surface area contributed by atoms with Gasteiger partial charge in [0, 0.05) is 6.20 Å². The van der Waals surface area contributed by atoms with E-state index in [0.29, 0.717) is 19.6 Å². The van der Waals surface area contributed by atoms with Crippen molar-refractivity contribution in [3.8, 4) is 5.75 Å². The van der Waals surface area contributed by atoms with Crippen LogP contribution in [0.15, 0.2) is 23.1 Å². The molecule has 1 heterocycles. The van der Waals surface area contributed by atoms with Crippen molar-refractivity contribution in [2.75, 3.05) is 13.2 Å². The van der Waals surface area contributed by atoms with Crippen molar-refractivity contribution in [1.82, 2.24) is 4.57 Å². The van der Waals surface area contributed by atoms with Crippen molar-refractivity contribution >= 4 is 5.97 Å². The van der Waals surface area contributed by atoms with Crippen molar-refractivity contribution in [3.63, 3.8) is 0 Å². The fourth-order valence-corrected chi connectivity index (χ4v) is 1.72. The van der Waals surface area contributed by atoms with E-state index in [1.54, 1.807) is 32.2 Å². The molecule has 0 saturated carbocycles. The second-order valence-corrected chi connectivity index (χ2v) is 3.69. The minimum Gasteiger partial charge on any atom is -0.488 e. The Balaban J connectivity index is 3.10. The predicted molar refractivity (Wildman–Crippen MR) is 67.8 cm³/mol. The molecule has 0 bridgehead atoms. The molecule has 100 valence electrons. The number of hydrogen-bond acceptors (Lipinski definition) is 4. The minimum absolute atomic E-state index is 0.253. The topological polar surface area (TPSA) is 57.5 Å². The van der Waals surface area contributed by atoms with E-state index in [-0.39, 0.29) is 11.3 Å². The molecule has 0 aliphatic carbocycles. The highest BCUT2D eigenvalue weighted by Gasteiger charge is 2.21. The van der Waals surface area contributed by atoms with Gasteiger partial charge < -0.3 is 9.47 Å². The summed E-state index contributed by atoms with van der Waals surface area (Å²) >= 11 is 0.